The van der Waals surface area contributed by atoms with Gasteiger partial charge < -0.3 is 5.32 Å². The predicted octanol–water partition coefficient (Wildman–Crippen LogP) is 3.03. The second-order valence-corrected chi connectivity index (χ2v) is 6.98. The van der Waals surface area contributed by atoms with Crippen LogP contribution in [0.2, 0.25) is 0 Å². The number of nitrogens with one attached hydrogen (secondary N) is 1. The Balaban J connectivity index is 2.37. The number of rotatable bonds is 7. The molecule has 0 aromatic carbocycles. The van der Waals surface area contributed by atoms with E-state index < -0.39 is 0 Å². The maximum absolute atomic E-state index is 9.11. The van der Waals surface area contributed by atoms with Crippen molar-refractivity contribution in [1.29, 1.82) is 5.26 Å². The summed E-state index contributed by atoms with van der Waals surface area (Å²) in [5.41, 5.74) is -0.187. The number of likely N-dealkylation sites (tertiary alicyclic amines) is 1. The van der Waals surface area contributed by atoms with Crippen molar-refractivity contribution < 1.29 is 0 Å². The molecule has 0 bridgehead atoms. The van der Waals surface area contributed by atoms with E-state index in [9.17, 15) is 0 Å². The minimum absolute atomic E-state index is 0.187. The molecule has 1 rings (SSSR count). The zero-order valence-corrected chi connectivity index (χ0v) is 13.2. The quantitative estimate of drug-likeness (QED) is 0.769. The van der Waals surface area contributed by atoms with Gasteiger partial charge in [0.25, 0.3) is 0 Å². The molecule has 19 heavy (non-hydrogen) atoms. The van der Waals surface area contributed by atoms with Gasteiger partial charge in [-0.1, -0.05) is 20.3 Å². The fraction of sp³-hybridized carbons (Fsp3) is 0.938. The fourth-order valence-electron chi connectivity index (χ4n) is 2.60. The van der Waals surface area contributed by atoms with E-state index in [0.717, 1.165) is 32.0 Å². The largest absolute Gasteiger partial charge is 0.315 e. The van der Waals surface area contributed by atoms with Crippen LogP contribution in [0.4, 0.5) is 0 Å². The molecule has 1 unspecified atom stereocenters. The second kappa shape index (κ2) is 7.87. The first-order chi connectivity index (χ1) is 8.94. The first kappa shape index (κ1) is 16.5. The Labute approximate surface area is 119 Å². The van der Waals surface area contributed by atoms with Gasteiger partial charge in [-0.15, -0.1) is 0 Å². The molecule has 3 nitrogen and oxygen atoms in total. The summed E-state index contributed by atoms with van der Waals surface area (Å²) in [5, 5.41) is 12.7. The minimum atomic E-state index is -0.187. The number of piperidine rings is 1. The van der Waals surface area contributed by atoms with Crippen molar-refractivity contribution in [2.75, 3.05) is 26.2 Å². The zero-order chi connectivity index (χ0) is 14.3. The molecule has 1 fully saturated rings. The number of hydrogen-bond acceptors (Lipinski definition) is 3. The molecule has 0 saturated carbocycles. The lowest BCUT2D eigenvalue weighted by Crippen LogP contribution is -2.47. The first-order valence-electron chi connectivity index (χ1n) is 7.80. The van der Waals surface area contributed by atoms with Crippen molar-refractivity contribution in [1.82, 2.24) is 10.2 Å². The molecule has 0 radical (unpaired) electrons. The highest BCUT2D eigenvalue weighted by molar-refractivity contribution is 4.93. The van der Waals surface area contributed by atoms with Gasteiger partial charge in [0.1, 0.15) is 0 Å². The van der Waals surface area contributed by atoms with Crippen LogP contribution in [0.3, 0.4) is 0 Å². The molecule has 110 valence electrons. The summed E-state index contributed by atoms with van der Waals surface area (Å²) in [6, 6.07) is 3.08. The summed E-state index contributed by atoms with van der Waals surface area (Å²) in [4.78, 5) is 2.59. The first-order valence-corrected chi connectivity index (χ1v) is 7.80. The molecule has 1 saturated heterocycles. The Kier molecular flexibility index (Phi) is 6.82. The molecule has 1 aliphatic rings. The highest BCUT2D eigenvalue weighted by atomic mass is 15.2. The van der Waals surface area contributed by atoms with Crippen LogP contribution in [0.1, 0.15) is 53.4 Å². The van der Waals surface area contributed by atoms with Crippen LogP contribution in [0.5, 0.6) is 0 Å². The van der Waals surface area contributed by atoms with Crippen molar-refractivity contribution in [2.45, 2.75) is 59.4 Å². The van der Waals surface area contributed by atoms with Crippen LogP contribution in [-0.2, 0) is 0 Å². The fourth-order valence-corrected chi connectivity index (χ4v) is 2.60. The van der Waals surface area contributed by atoms with Crippen LogP contribution >= 0.6 is 0 Å². The Morgan fingerprint density at radius 1 is 1.37 bits per heavy atom. The van der Waals surface area contributed by atoms with Crippen molar-refractivity contribution in [3.05, 3.63) is 0 Å². The van der Waals surface area contributed by atoms with Gasteiger partial charge in [0.2, 0.25) is 0 Å². The molecule has 1 heterocycles. The third-order valence-electron chi connectivity index (χ3n) is 4.01. The second-order valence-electron chi connectivity index (χ2n) is 6.98. The van der Waals surface area contributed by atoms with E-state index in [1.165, 1.54) is 25.8 Å². The lowest BCUT2D eigenvalue weighted by molar-refractivity contribution is 0.132. The predicted molar refractivity (Wildman–Crippen MR) is 80.9 cm³/mol. The third kappa shape index (κ3) is 6.40. The number of nitriles is 1. The van der Waals surface area contributed by atoms with Crippen molar-refractivity contribution in [3.63, 3.8) is 0 Å². The average molecular weight is 265 g/mol. The highest BCUT2D eigenvalue weighted by Gasteiger charge is 2.25. The topological polar surface area (TPSA) is 39.1 Å². The molecule has 0 amide bonds. The normalized spacial score (nSPS) is 21.6. The van der Waals surface area contributed by atoms with E-state index in [1.807, 2.05) is 13.8 Å². The van der Waals surface area contributed by atoms with Gasteiger partial charge in [0, 0.05) is 12.6 Å². The van der Waals surface area contributed by atoms with Gasteiger partial charge in [0.15, 0.2) is 0 Å². The maximum Gasteiger partial charge on any atom is 0.0684 e. The lowest BCUT2D eigenvalue weighted by atomic mass is 9.90. The molecular weight excluding hydrogens is 234 g/mol. The lowest BCUT2D eigenvalue weighted by Gasteiger charge is -2.37. The van der Waals surface area contributed by atoms with Gasteiger partial charge in [-0.25, -0.2) is 0 Å². The molecular formula is C16H31N3. The van der Waals surface area contributed by atoms with Crippen molar-refractivity contribution in [2.24, 2.45) is 11.3 Å². The molecule has 1 atom stereocenters. The molecule has 0 aromatic rings. The van der Waals surface area contributed by atoms with Crippen LogP contribution in [0, 0.1) is 22.7 Å². The molecule has 0 aliphatic carbocycles. The molecule has 0 aromatic heterocycles. The maximum atomic E-state index is 9.11. The van der Waals surface area contributed by atoms with Gasteiger partial charge in [-0.05, 0) is 58.7 Å². The van der Waals surface area contributed by atoms with Crippen LogP contribution in [-0.4, -0.2) is 37.1 Å². The summed E-state index contributed by atoms with van der Waals surface area (Å²) >= 11 is 0. The van der Waals surface area contributed by atoms with E-state index in [4.69, 9.17) is 5.26 Å². The van der Waals surface area contributed by atoms with Crippen LogP contribution < -0.4 is 5.32 Å². The summed E-state index contributed by atoms with van der Waals surface area (Å²) in [6.07, 6.45) is 4.95. The average Bonchev–Trinajstić information content (AvgIpc) is 2.37. The van der Waals surface area contributed by atoms with Crippen LogP contribution in [0.15, 0.2) is 0 Å². The zero-order valence-electron chi connectivity index (χ0n) is 13.2. The molecule has 1 aliphatic heterocycles. The van der Waals surface area contributed by atoms with E-state index in [2.05, 4.69) is 30.1 Å². The molecule has 1 N–H and O–H groups in total. The Hall–Kier alpha value is -0.590. The SMILES string of the molecule is CC(C)CNCC1CCCCN1CCC(C)(C)C#N. The van der Waals surface area contributed by atoms with Gasteiger partial charge in [0.05, 0.1) is 11.5 Å². The monoisotopic (exact) mass is 265 g/mol. The Morgan fingerprint density at radius 3 is 2.74 bits per heavy atom. The third-order valence-corrected chi connectivity index (χ3v) is 4.01. The van der Waals surface area contributed by atoms with Crippen LogP contribution in [0.25, 0.3) is 0 Å². The van der Waals surface area contributed by atoms with Gasteiger partial charge in [-0.3, -0.25) is 4.90 Å². The van der Waals surface area contributed by atoms with E-state index in [0.29, 0.717) is 6.04 Å². The number of hydrogen-bond donors (Lipinski definition) is 1. The highest BCUT2D eigenvalue weighted by Crippen LogP contribution is 2.23. The van der Waals surface area contributed by atoms with E-state index in [1.54, 1.807) is 0 Å². The smallest absolute Gasteiger partial charge is 0.0684 e. The van der Waals surface area contributed by atoms with Gasteiger partial charge in [-0.2, -0.15) is 5.26 Å². The molecule has 3 heteroatoms. The Morgan fingerprint density at radius 2 is 2.11 bits per heavy atom. The summed E-state index contributed by atoms with van der Waals surface area (Å²) in [6.45, 7) is 13.1. The van der Waals surface area contributed by atoms with E-state index >= 15 is 0 Å². The molecule has 0 spiro atoms. The minimum Gasteiger partial charge on any atom is -0.315 e. The van der Waals surface area contributed by atoms with Crippen molar-refractivity contribution in [3.8, 4) is 6.07 Å². The van der Waals surface area contributed by atoms with Gasteiger partial charge >= 0.3 is 0 Å². The standard InChI is InChI=1S/C16H31N3/c1-14(2)11-18-12-15-7-5-6-9-19(15)10-8-16(3,4)13-17/h14-15,18H,5-12H2,1-4H3. The van der Waals surface area contributed by atoms with E-state index in [-0.39, 0.29) is 5.41 Å². The Bertz CT molecular complexity index is 291. The summed E-state index contributed by atoms with van der Waals surface area (Å²) in [7, 11) is 0. The van der Waals surface area contributed by atoms with Crippen molar-refractivity contribution >= 4 is 0 Å². The summed E-state index contributed by atoms with van der Waals surface area (Å²) < 4.78 is 0. The summed E-state index contributed by atoms with van der Waals surface area (Å²) in [5.74, 6) is 0.717. The number of nitrogens with zero attached hydrogens (tertiary/aromatic N) is 2.